The van der Waals surface area contributed by atoms with Crippen LogP contribution in [0.5, 0.6) is 0 Å². The molecule has 3 rings (SSSR count). The standard InChI is InChI=1S/C13H16FN3/c1-8-7-9(5-6-15-8)13-16-11-4-2-3-10(14)12(11)17-13/h2-4,8-9,15H,5-7H2,1H3,(H,16,17). The Balaban J connectivity index is 1.97. The number of nitrogens with zero attached hydrogens (tertiary/aromatic N) is 1. The molecule has 2 unspecified atom stereocenters. The molecule has 17 heavy (non-hydrogen) atoms. The maximum absolute atomic E-state index is 13.5. The lowest BCUT2D eigenvalue weighted by molar-refractivity contribution is 0.373. The number of hydrogen-bond acceptors (Lipinski definition) is 2. The van der Waals surface area contributed by atoms with Crippen LogP contribution in [-0.2, 0) is 0 Å². The summed E-state index contributed by atoms with van der Waals surface area (Å²) in [6.45, 7) is 3.18. The molecule has 2 heterocycles. The zero-order valence-electron chi connectivity index (χ0n) is 9.83. The third-order valence-electron chi connectivity index (χ3n) is 3.49. The van der Waals surface area contributed by atoms with Gasteiger partial charge in [0, 0.05) is 12.0 Å². The van der Waals surface area contributed by atoms with Crippen LogP contribution >= 0.6 is 0 Å². The smallest absolute Gasteiger partial charge is 0.151 e. The Hall–Kier alpha value is -1.42. The van der Waals surface area contributed by atoms with Crippen LogP contribution in [0, 0.1) is 5.82 Å². The van der Waals surface area contributed by atoms with Crippen molar-refractivity contribution < 1.29 is 4.39 Å². The SMILES string of the molecule is CC1CC(c2nc3c(F)cccc3[nH]2)CCN1. The number of nitrogens with one attached hydrogen (secondary N) is 2. The van der Waals surface area contributed by atoms with Gasteiger partial charge in [0.2, 0.25) is 0 Å². The lowest BCUT2D eigenvalue weighted by Crippen LogP contribution is -2.35. The Kier molecular flexibility index (Phi) is 2.59. The number of aromatic amines is 1. The molecule has 1 fully saturated rings. The molecule has 0 aliphatic carbocycles. The van der Waals surface area contributed by atoms with Crippen molar-refractivity contribution in [3.63, 3.8) is 0 Å². The number of halogens is 1. The Morgan fingerprint density at radius 2 is 2.29 bits per heavy atom. The number of hydrogen-bond donors (Lipinski definition) is 2. The van der Waals surface area contributed by atoms with E-state index in [-0.39, 0.29) is 5.82 Å². The molecule has 2 N–H and O–H groups in total. The van der Waals surface area contributed by atoms with E-state index < -0.39 is 0 Å². The van der Waals surface area contributed by atoms with Crippen molar-refractivity contribution in [3.05, 3.63) is 29.8 Å². The van der Waals surface area contributed by atoms with E-state index in [0.29, 0.717) is 17.5 Å². The number of para-hydroxylation sites is 1. The molecule has 1 saturated heterocycles. The van der Waals surface area contributed by atoms with Gasteiger partial charge in [-0.15, -0.1) is 0 Å². The molecule has 90 valence electrons. The predicted molar refractivity (Wildman–Crippen MR) is 65.5 cm³/mol. The summed E-state index contributed by atoms with van der Waals surface area (Å²) in [7, 11) is 0. The second-order valence-corrected chi connectivity index (χ2v) is 4.83. The minimum atomic E-state index is -0.244. The molecule has 0 radical (unpaired) electrons. The number of H-pyrrole nitrogens is 1. The highest BCUT2D eigenvalue weighted by Gasteiger charge is 2.22. The Morgan fingerprint density at radius 1 is 1.41 bits per heavy atom. The van der Waals surface area contributed by atoms with Gasteiger partial charge in [0.1, 0.15) is 11.3 Å². The molecule has 2 aromatic rings. The van der Waals surface area contributed by atoms with E-state index in [1.54, 1.807) is 6.07 Å². The lowest BCUT2D eigenvalue weighted by atomic mass is 9.93. The minimum absolute atomic E-state index is 0.244. The van der Waals surface area contributed by atoms with Crippen LogP contribution in [0.1, 0.15) is 31.5 Å². The predicted octanol–water partition coefficient (Wildman–Crippen LogP) is 2.56. The maximum atomic E-state index is 13.5. The molecule has 1 aliphatic rings. The summed E-state index contributed by atoms with van der Waals surface area (Å²) in [6, 6.07) is 5.55. The highest BCUT2D eigenvalue weighted by molar-refractivity contribution is 5.75. The normalized spacial score (nSPS) is 25.3. The zero-order chi connectivity index (χ0) is 11.8. The summed E-state index contributed by atoms with van der Waals surface area (Å²) in [4.78, 5) is 7.66. The van der Waals surface area contributed by atoms with Crippen LogP contribution in [0.25, 0.3) is 11.0 Å². The first-order valence-electron chi connectivity index (χ1n) is 6.11. The highest BCUT2D eigenvalue weighted by atomic mass is 19.1. The number of piperidine rings is 1. The van der Waals surface area contributed by atoms with Crippen LogP contribution in [0.2, 0.25) is 0 Å². The molecule has 2 atom stereocenters. The van der Waals surface area contributed by atoms with Crippen LogP contribution in [0.3, 0.4) is 0 Å². The fourth-order valence-electron chi connectivity index (χ4n) is 2.59. The number of imidazole rings is 1. The van der Waals surface area contributed by atoms with Crippen LogP contribution in [-0.4, -0.2) is 22.6 Å². The van der Waals surface area contributed by atoms with Gasteiger partial charge >= 0.3 is 0 Å². The molecule has 1 aromatic heterocycles. The van der Waals surface area contributed by atoms with E-state index in [1.807, 2.05) is 6.07 Å². The zero-order valence-corrected chi connectivity index (χ0v) is 9.83. The Bertz CT molecular complexity index is 534. The van der Waals surface area contributed by atoms with Crippen molar-refractivity contribution in [1.82, 2.24) is 15.3 Å². The van der Waals surface area contributed by atoms with Crippen molar-refractivity contribution in [2.24, 2.45) is 0 Å². The fraction of sp³-hybridized carbons (Fsp3) is 0.462. The van der Waals surface area contributed by atoms with Gasteiger partial charge in [-0.05, 0) is 38.4 Å². The number of aromatic nitrogens is 2. The third kappa shape index (κ3) is 1.93. The average molecular weight is 233 g/mol. The summed E-state index contributed by atoms with van der Waals surface area (Å²) in [5, 5.41) is 3.41. The van der Waals surface area contributed by atoms with E-state index in [9.17, 15) is 4.39 Å². The topological polar surface area (TPSA) is 40.7 Å². The van der Waals surface area contributed by atoms with Crippen molar-refractivity contribution >= 4 is 11.0 Å². The first-order chi connectivity index (χ1) is 8.24. The quantitative estimate of drug-likeness (QED) is 0.794. The van der Waals surface area contributed by atoms with Gasteiger partial charge in [-0.25, -0.2) is 9.37 Å². The Labute approximate surface area is 99.4 Å². The summed E-state index contributed by atoms with van der Waals surface area (Å²) in [6.07, 6.45) is 2.12. The molecule has 0 spiro atoms. The van der Waals surface area contributed by atoms with Crippen molar-refractivity contribution in [1.29, 1.82) is 0 Å². The monoisotopic (exact) mass is 233 g/mol. The van der Waals surface area contributed by atoms with Crippen molar-refractivity contribution in [3.8, 4) is 0 Å². The van der Waals surface area contributed by atoms with E-state index in [0.717, 1.165) is 30.7 Å². The van der Waals surface area contributed by atoms with E-state index in [2.05, 4.69) is 22.2 Å². The highest BCUT2D eigenvalue weighted by Crippen LogP contribution is 2.27. The van der Waals surface area contributed by atoms with Gasteiger partial charge in [-0.3, -0.25) is 0 Å². The number of benzene rings is 1. The molecular weight excluding hydrogens is 217 g/mol. The Morgan fingerprint density at radius 3 is 3.06 bits per heavy atom. The van der Waals surface area contributed by atoms with Gasteiger partial charge in [0.15, 0.2) is 5.82 Å². The minimum Gasteiger partial charge on any atom is -0.342 e. The fourth-order valence-corrected chi connectivity index (χ4v) is 2.59. The summed E-state index contributed by atoms with van der Waals surface area (Å²) >= 11 is 0. The van der Waals surface area contributed by atoms with E-state index >= 15 is 0 Å². The molecule has 0 amide bonds. The van der Waals surface area contributed by atoms with Crippen LogP contribution < -0.4 is 5.32 Å². The van der Waals surface area contributed by atoms with Crippen LogP contribution in [0.4, 0.5) is 4.39 Å². The summed E-state index contributed by atoms with van der Waals surface area (Å²) in [5.41, 5.74) is 1.26. The van der Waals surface area contributed by atoms with Crippen molar-refractivity contribution in [2.75, 3.05) is 6.54 Å². The average Bonchev–Trinajstić information content (AvgIpc) is 2.74. The first-order valence-corrected chi connectivity index (χ1v) is 6.11. The summed E-state index contributed by atoms with van der Waals surface area (Å²) < 4.78 is 13.5. The molecule has 1 aliphatic heterocycles. The third-order valence-corrected chi connectivity index (χ3v) is 3.49. The van der Waals surface area contributed by atoms with Gasteiger partial charge in [0.05, 0.1) is 5.52 Å². The van der Waals surface area contributed by atoms with Gasteiger partial charge < -0.3 is 10.3 Å². The second-order valence-electron chi connectivity index (χ2n) is 4.83. The molecular formula is C13H16FN3. The molecule has 0 bridgehead atoms. The second kappa shape index (κ2) is 4.11. The summed E-state index contributed by atoms with van der Waals surface area (Å²) in [5.74, 6) is 1.10. The maximum Gasteiger partial charge on any atom is 0.151 e. The molecule has 3 nitrogen and oxygen atoms in total. The first kappa shape index (κ1) is 10.7. The number of fused-ring (bicyclic) bond motifs is 1. The lowest BCUT2D eigenvalue weighted by Gasteiger charge is -2.26. The van der Waals surface area contributed by atoms with E-state index in [4.69, 9.17) is 0 Å². The van der Waals surface area contributed by atoms with Gasteiger partial charge in [-0.1, -0.05) is 6.07 Å². The molecule has 1 aromatic carbocycles. The molecule has 0 saturated carbocycles. The number of rotatable bonds is 1. The largest absolute Gasteiger partial charge is 0.342 e. The van der Waals surface area contributed by atoms with Crippen molar-refractivity contribution in [2.45, 2.75) is 31.7 Å². The van der Waals surface area contributed by atoms with Gasteiger partial charge in [-0.2, -0.15) is 0 Å². The van der Waals surface area contributed by atoms with Gasteiger partial charge in [0.25, 0.3) is 0 Å². The van der Waals surface area contributed by atoms with Crippen LogP contribution in [0.15, 0.2) is 18.2 Å². The van der Waals surface area contributed by atoms with E-state index in [1.165, 1.54) is 6.07 Å². The molecule has 4 heteroatoms.